The summed E-state index contributed by atoms with van der Waals surface area (Å²) in [6.07, 6.45) is 2.60. The van der Waals surface area contributed by atoms with Gasteiger partial charge in [0.25, 0.3) is 0 Å². The lowest BCUT2D eigenvalue weighted by Gasteiger charge is -2.12. The van der Waals surface area contributed by atoms with Gasteiger partial charge in [-0.15, -0.1) is 0 Å². The van der Waals surface area contributed by atoms with Crippen LogP contribution in [0.25, 0.3) is 0 Å². The molecule has 0 unspecified atom stereocenters. The highest BCUT2D eigenvalue weighted by Crippen LogP contribution is 2.41. The molecule has 1 saturated carbocycles. The first-order valence-electron chi connectivity index (χ1n) is 6.79. The van der Waals surface area contributed by atoms with Crippen LogP contribution in [0.2, 0.25) is 5.02 Å². The Bertz CT molecular complexity index is 669. The highest BCUT2D eigenvalue weighted by atomic mass is 35.5. The van der Waals surface area contributed by atoms with Crippen LogP contribution in [0, 0.1) is 11.3 Å². The quantitative estimate of drug-likeness (QED) is 0.882. The molecule has 1 N–H and O–H groups in total. The molecule has 0 radical (unpaired) electrons. The third-order valence-electron chi connectivity index (χ3n) is 3.64. The lowest BCUT2D eigenvalue weighted by Crippen LogP contribution is -2.03. The lowest BCUT2D eigenvalue weighted by atomic mass is 10.0. The average Bonchev–Trinajstić information content (AvgIpc) is 3.31. The minimum Gasteiger partial charge on any atom is -0.380 e. The van der Waals surface area contributed by atoms with Gasteiger partial charge in [-0.3, -0.25) is 0 Å². The highest BCUT2D eigenvalue weighted by molar-refractivity contribution is 6.33. The van der Waals surface area contributed by atoms with Gasteiger partial charge < -0.3 is 5.32 Å². The van der Waals surface area contributed by atoms with E-state index in [0.29, 0.717) is 10.6 Å². The van der Waals surface area contributed by atoms with Crippen molar-refractivity contribution < 1.29 is 0 Å². The molecular formula is C17H15ClN2. The second-order valence-corrected chi connectivity index (χ2v) is 5.54. The van der Waals surface area contributed by atoms with Gasteiger partial charge in [0, 0.05) is 6.54 Å². The van der Waals surface area contributed by atoms with Crippen LogP contribution in [-0.4, -0.2) is 0 Å². The molecule has 100 valence electrons. The Morgan fingerprint density at radius 2 is 2.00 bits per heavy atom. The van der Waals surface area contributed by atoms with Crippen molar-refractivity contribution in [3.05, 3.63) is 64.2 Å². The SMILES string of the molecule is N#Cc1ccc(NCc2ccccc2C2CC2)c(Cl)c1. The molecule has 1 fully saturated rings. The molecule has 3 rings (SSSR count). The Morgan fingerprint density at radius 3 is 2.70 bits per heavy atom. The molecule has 0 atom stereocenters. The third kappa shape index (κ3) is 2.79. The summed E-state index contributed by atoms with van der Waals surface area (Å²) in [6, 6.07) is 16.0. The number of nitrogens with one attached hydrogen (secondary N) is 1. The van der Waals surface area contributed by atoms with E-state index in [-0.39, 0.29) is 0 Å². The van der Waals surface area contributed by atoms with Crippen molar-refractivity contribution in [2.75, 3.05) is 5.32 Å². The molecule has 0 saturated heterocycles. The molecule has 0 aromatic heterocycles. The molecule has 0 spiro atoms. The van der Waals surface area contributed by atoms with Gasteiger partial charge >= 0.3 is 0 Å². The van der Waals surface area contributed by atoms with Gasteiger partial charge in [-0.1, -0.05) is 35.9 Å². The van der Waals surface area contributed by atoms with Crippen molar-refractivity contribution in [1.29, 1.82) is 5.26 Å². The zero-order valence-corrected chi connectivity index (χ0v) is 11.8. The Hall–Kier alpha value is -1.98. The molecule has 3 heteroatoms. The van der Waals surface area contributed by atoms with Crippen molar-refractivity contribution in [2.45, 2.75) is 25.3 Å². The van der Waals surface area contributed by atoms with Crippen LogP contribution >= 0.6 is 11.6 Å². The number of hydrogen-bond donors (Lipinski definition) is 1. The molecule has 2 aromatic carbocycles. The summed E-state index contributed by atoms with van der Waals surface area (Å²) in [5, 5.41) is 12.8. The minimum atomic E-state index is 0.582. The van der Waals surface area contributed by atoms with Gasteiger partial charge in [0.1, 0.15) is 0 Å². The molecule has 20 heavy (non-hydrogen) atoms. The first kappa shape index (κ1) is 13.0. The van der Waals surface area contributed by atoms with Crippen LogP contribution in [-0.2, 0) is 6.54 Å². The Morgan fingerprint density at radius 1 is 1.20 bits per heavy atom. The summed E-state index contributed by atoms with van der Waals surface area (Å²) >= 11 is 6.18. The Kier molecular flexibility index (Phi) is 3.62. The summed E-state index contributed by atoms with van der Waals surface area (Å²) in [6.45, 7) is 0.762. The monoisotopic (exact) mass is 282 g/mol. The smallest absolute Gasteiger partial charge is 0.0992 e. The summed E-state index contributed by atoms with van der Waals surface area (Å²) < 4.78 is 0. The van der Waals surface area contributed by atoms with Gasteiger partial charge in [-0.2, -0.15) is 5.26 Å². The van der Waals surface area contributed by atoms with Crippen LogP contribution in [0.1, 0.15) is 35.4 Å². The number of halogens is 1. The molecular weight excluding hydrogens is 268 g/mol. The van der Waals surface area contributed by atoms with Crippen LogP contribution in [0.15, 0.2) is 42.5 Å². The molecule has 2 nitrogen and oxygen atoms in total. The summed E-state index contributed by atoms with van der Waals surface area (Å²) in [4.78, 5) is 0. The van der Waals surface area contributed by atoms with Gasteiger partial charge in [0.15, 0.2) is 0 Å². The first-order chi connectivity index (χ1) is 9.78. The predicted molar refractivity (Wildman–Crippen MR) is 81.9 cm³/mol. The number of rotatable bonds is 4. The molecule has 1 aliphatic carbocycles. The van der Waals surface area contributed by atoms with E-state index in [0.717, 1.165) is 18.2 Å². The molecule has 0 bridgehead atoms. The van der Waals surface area contributed by atoms with E-state index in [1.807, 2.05) is 6.07 Å². The Labute approximate surface area is 124 Å². The molecule has 2 aromatic rings. The minimum absolute atomic E-state index is 0.582. The average molecular weight is 283 g/mol. The lowest BCUT2D eigenvalue weighted by molar-refractivity contribution is 1.04. The normalized spacial score (nSPS) is 13.8. The third-order valence-corrected chi connectivity index (χ3v) is 3.95. The second kappa shape index (κ2) is 5.56. The van der Waals surface area contributed by atoms with Gasteiger partial charge in [-0.25, -0.2) is 0 Å². The van der Waals surface area contributed by atoms with E-state index in [2.05, 4.69) is 35.7 Å². The molecule has 0 heterocycles. The van der Waals surface area contributed by atoms with Crippen molar-refractivity contribution in [1.82, 2.24) is 0 Å². The van der Waals surface area contributed by atoms with Crippen molar-refractivity contribution in [3.63, 3.8) is 0 Å². The van der Waals surface area contributed by atoms with Crippen molar-refractivity contribution in [2.24, 2.45) is 0 Å². The maximum atomic E-state index is 8.84. The van der Waals surface area contributed by atoms with Crippen molar-refractivity contribution >= 4 is 17.3 Å². The number of hydrogen-bond acceptors (Lipinski definition) is 2. The maximum Gasteiger partial charge on any atom is 0.0992 e. The predicted octanol–water partition coefficient (Wildman–Crippen LogP) is 4.70. The Balaban J connectivity index is 1.75. The number of benzene rings is 2. The number of nitriles is 1. The van der Waals surface area contributed by atoms with Crippen LogP contribution in [0.5, 0.6) is 0 Å². The van der Waals surface area contributed by atoms with Crippen molar-refractivity contribution in [3.8, 4) is 6.07 Å². The van der Waals surface area contributed by atoms with Crippen LogP contribution in [0.4, 0.5) is 5.69 Å². The highest BCUT2D eigenvalue weighted by Gasteiger charge is 2.25. The van der Waals surface area contributed by atoms with Crippen LogP contribution < -0.4 is 5.32 Å². The number of nitrogens with zero attached hydrogens (tertiary/aromatic N) is 1. The zero-order valence-electron chi connectivity index (χ0n) is 11.1. The fourth-order valence-electron chi connectivity index (χ4n) is 2.41. The molecule has 1 aliphatic rings. The van der Waals surface area contributed by atoms with E-state index in [9.17, 15) is 0 Å². The molecule has 0 aliphatic heterocycles. The molecule has 0 amide bonds. The first-order valence-corrected chi connectivity index (χ1v) is 7.17. The summed E-state index contributed by atoms with van der Waals surface area (Å²) in [5.41, 5.74) is 4.23. The number of anilines is 1. The maximum absolute atomic E-state index is 8.84. The van der Waals surface area contributed by atoms with E-state index in [4.69, 9.17) is 16.9 Å². The van der Waals surface area contributed by atoms with Gasteiger partial charge in [-0.05, 0) is 48.1 Å². The van der Waals surface area contributed by atoms with Gasteiger partial charge in [0.05, 0.1) is 22.3 Å². The summed E-state index contributed by atoms with van der Waals surface area (Å²) in [5.74, 6) is 0.740. The topological polar surface area (TPSA) is 35.8 Å². The van der Waals surface area contributed by atoms with E-state index >= 15 is 0 Å². The second-order valence-electron chi connectivity index (χ2n) is 5.13. The summed E-state index contributed by atoms with van der Waals surface area (Å²) in [7, 11) is 0. The van der Waals surface area contributed by atoms with E-state index < -0.39 is 0 Å². The van der Waals surface area contributed by atoms with E-state index in [1.54, 1.807) is 12.1 Å². The fraction of sp³-hybridized carbons (Fsp3) is 0.235. The van der Waals surface area contributed by atoms with Gasteiger partial charge in [0.2, 0.25) is 0 Å². The standard InChI is InChI=1S/C17H15ClN2/c18-16-9-12(10-19)5-8-17(16)20-11-14-3-1-2-4-15(14)13-6-7-13/h1-5,8-9,13,20H,6-7,11H2. The van der Waals surface area contributed by atoms with E-state index in [1.165, 1.54) is 24.0 Å². The largest absolute Gasteiger partial charge is 0.380 e. The zero-order chi connectivity index (χ0) is 13.9. The fourth-order valence-corrected chi connectivity index (χ4v) is 2.65. The van der Waals surface area contributed by atoms with Crippen LogP contribution in [0.3, 0.4) is 0 Å².